The Bertz CT molecular complexity index is 497. The molecule has 0 bridgehead atoms. The molecule has 2 N–H and O–H groups in total. The molecule has 3 heteroatoms. The Morgan fingerprint density at radius 3 is 2.35 bits per heavy atom. The molecule has 1 aromatic heterocycles. The molecule has 0 saturated heterocycles. The van der Waals surface area contributed by atoms with Gasteiger partial charge in [0.15, 0.2) is 5.76 Å². The summed E-state index contributed by atoms with van der Waals surface area (Å²) in [6.45, 7) is 6.27. The second kappa shape index (κ2) is 4.62. The van der Waals surface area contributed by atoms with E-state index in [1.54, 1.807) is 0 Å². The maximum atomic E-state index is 5.90. The van der Waals surface area contributed by atoms with Crippen molar-refractivity contribution in [2.45, 2.75) is 27.2 Å². The highest BCUT2D eigenvalue weighted by molar-refractivity contribution is 5.72. The summed E-state index contributed by atoms with van der Waals surface area (Å²) in [5, 5.41) is 3.86. The van der Waals surface area contributed by atoms with Crippen molar-refractivity contribution in [3.05, 3.63) is 35.5 Å². The number of anilines is 1. The molecule has 3 nitrogen and oxygen atoms in total. The van der Waals surface area contributed by atoms with E-state index in [4.69, 9.17) is 10.3 Å². The van der Waals surface area contributed by atoms with Crippen LogP contribution in [0.25, 0.3) is 11.3 Å². The van der Waals surface area contributed by atoms with Crippen LogP contribution in [-0.2, 0) is 6.42 Å². The van der Waals surface area contributed by atoms with Crippen LogP contribution in [0.3, 0.4) is 0 Å². The summed E-state index contributed by atoms with van der Waals surface area (Å²) >= 11 is 0. The SMILES string of the molecule is Cc1noc(-c2ccc(CC(C)C)cc2)c1N. The zero-order valence-electron chi connectivity index (χ0n) is 10.5. The minimum absolute atomic E-state index is 0.626. The van der Waals surface area contributed by atoms with Crippen molar-refractivity contribution >= 4 is 5.69 Å². The largest absolute Gasteiger partial charge is 0.394 e. The lowest BCUT2D eigenvalue weighted by atomic mass is 10.0. The fourth-order valence-electron chi connectivity index (χ4n) is 1.85. The average Bonchev–Trinajstić information content (AvgIpc) is 2.60. The number of aryl methyl sites for hydroxylation is 1. The minimum Gasteiger partial charge on any atom is -0.394 e. The Labute approximate surface area is 102 Å². The highest BCUT2D eigenvalue weighted by atomic mass is 16.5. The first kappa shape index (κ1) is 11.7. The van der Waals surface area contributed by atoms with Gasteiger partial charge < -0.3 is 10.3 Å². The molecule has 0 atom stereocenters. The van der Waals surface area contributed by atoms with Crippen LogP contribution in [0.15, 0.2) is 28.8 Å². The Balaban J connectivity index is 2.26. The normalized spacial score (nSPS) is 11.1. The zero-order chi connectivity index (χ0) is 12.4. The van der Waals surface area contributed by atoms with Gasteiger partial charge in [-0.15, -0.1) is 0 Å². The van der Waals surface area contributed by atoms with Crippen molar-refractivity contribution in [2.75, 3.05) is 5.73 Å². The molecule has 90 valence electrons. The van der Waals surface area contributed by atoms with Crippen molar-refractivity contribution in [1.29, 1.82) is 0 Å². The summed E-state index contributed by atoms with van der Waals surface area (Å²) in [5.74, 6) is 1.33. The van der Waals surface area contributed by atoms with E-state index < -0.39 is 0 Å². The number of rotatable bonds is 3. The molecule has 0 aliphatic heterocycles. The molecule has 17 heavy (non-hydrogen) atoms. The Hall–Kier alpha value is -1.77. The number of aromatic nitrogens is 1. The fourth-order valence-corrected chi connectivity index (χ4v) is 1.85. The van der Waals surface area contributed by atoms with E-state index >= 15 is 0 Å². The molecule has 0 unspecified atom stereocenters. The minimum atomic E-state index is 0.626. The number of nitrogens with two attached hydrogens (primary N) is 1. The summed E-state index contributed by atoms with van der Waals surface area (Å²) in [6, 6.07) is 8.31. The van der Waals surface area contributed by atoms with Gasteiger partial charge in [0.2, 0.25) is 0 Å². The van der Waals surface area contributed by atoms with Crippen molar-refractivity contribution in [3.8, 4) is 11.3 Å². The van der Waals surface area contributed by atoms with Crippen molar-refractivity contribution in [3.63, 3.8) is 0 Å². The highest BCUT2D eigenvalue weighted by Gasteiger charge is 2.11. The third kappa shape index (κ3) is 2.49. The first-order chi connectivity index (χ1) is 8.08. The quantitative estimate of drug-likeness (QED) is 0.878. The van der Waals surface area contributed by atoms with Crippen molar-refractivity contribution < 1.29 is 4.52 Å². The van der Waals surface area contributed by atoms with E-state index in [2.05, 4.69) is 31.1 Å². The zero-order valence-corrected chi connectivity index (χ0v) is 10.5. The molecular formula is C14H18N2O. The molecule has 0 amide bonds. The van der Waals surface area contributed by atoms with E-state index in [1.807, 2.05) is 19.1 Å². The Morgan fingerprint density at radius 2 is 1.88 bits per heavy atom. The number of hydrogen-bond donors (Lipinski definition) is 1. The van der Waals surface area contributed by atoms with Crippen LogP contribution in [0, 0.1) is 12.8 Å². The number of hydrogen-bond acceptors (Lipinski definition) is 3. The van der Waals surface area contributed by atoms with Crippen LogP contribution in [-0.4, -0.2) is 5.16 Å². The van der Waals surface area contributed by atoms with E-state index in [9.17, 15) is 0 Å². The van der Waals surface area contributed by atoms with Gasteiger partial charge in [0.25, 0.3) is 0 Å². The molecule has 2 aromatic rings. The lowest BCUT2D eigenvalue weighted by Crippen LogP contribution is -1.93. The number of nitrogens with zero attached hydrogens (tertiary/aromatic N) is 1. The van der Waals surface area contributed by atoms with Gasteiger partial charge in [0, 0.05) is 5.56 Å². The van der Waals surface area contributed by atoms with E-state index in [0.717, 1.165) is 17.7 Å². The van der Waals surface area contributed by atoms with Crippen molar-refractivity contribution in [1.82, 2.24) is 5.16 Å². The summed E-state index contributed by atoms with van der Waals surface area (Å²) in [4.78, 5) is 0. The third-order valence-corrected chi connectivity index (χ3v) is 2.77. The van der Waals surface area contributed by atoms with Crippen molar-refractivity contribution in [2.24, 2.45) is 5.92 Å². The van der Waals surface area contributed by atoms with Gasteiger partial charge in [-0.25, -0.2) is 0 Å². The first-order valence-electron chi connectivity index (χ1n) is 5.89. The van der Waals surface area contributed by atoms with Crippen LogP contribution in [0.4, 0.5) is 5.69 Å². The predicted molar refractivity (Wildman–Crippen MR) is 69.6 cm³/mol. The first-order valence-corrected chi connectivity index (χ1v) is 5.89. The second-order valence-corrected chi connectivity index (χ2v) is 4.81. The topological polar surface area (TPSA) is 52.0 Å². The standard InChI is InChI=1S/C14H18N2O/c1-9(2)8-11-4-6-12(7-5-11)14-13(15)10(3)16-17-14/h4-7,9H,8,15H2,1-3H3. The number of benzene rings is 1. The van der Waals surface area contributed by atoms with Crippen LogP contribution >= 0.6 is 0 Å². The fraction of sp³-hybridized carbons (Fsp3) is 0.357. The molecule has 0 saturated carbocycles. The maximum absolute atomic E-state index is 5.90. The molecule has 0 radical (unpaired) electrons. The van der Waals surface area contributed by atoms with Gasteiger partial charge in [-0.1, -0.05) is 43.3 Å². The smallest absolute Gasteiger partial charge is 0.189 e. The molecule has 1 aromatic carbocycles. The summed E-state index contributed by atoms with van der Waals surface area (Å²) in [7, 11) is 0. The lowest BCUT2D eigenvalue weighted by molar-refractivity contribution is 0.427. The van der Waals surface area contributed by atoms with Gasteiger partial charge in [0.1, 0.15) is 11.4 Å². The summed E-state index contributed by atoms with van der Waals surface area (Å²) in [6.07, 6.45) is 1.09. The van der Waals surface area contributed by atoms with Crippen LogP contribution in [0.1, 0.15) is 25.1 Å². The molecule has 1 heterocycles. The van der Waals surface area contributed by atoms with Gasteiger partial charge in [-0.2, -0.15) is 0 Å². The predicted octanol–water partition coefficient (Wildman–Crippen LogP) is 3.43. The maximum Gasteiger partial charge on any atom is 0.189 e. The van der Waals surface area contributed by atoms with Crippen LogP contribution in [0.5, 0.6) is 0 Å². The highest BCUT2D eigenvalue weighted by Crippen LogP contribution is 2.28. The van der Waals surface area contributed by atoms with Gasteiger partial charge in [-0.3, -0.25) is 0 Å². The van der Waals surface area contributed by atoms with E-state index in [-0.39, 0.29) is 0 Å². The Morgan fingerprint density at radius 1 is 1.24 bits per heavy atom. The Kier molecular flexibility index (Phi) is 3.18. The molecule has 2 rings (SSSR count). The van der Waals surface area contributed by atoms with Gasteiger partial charge in [-0.05, 0) is 24.8 Å². The summed E-state index contributed by atoms with van der Waals surface area (Å²) < 4.78 is 5.23. The molecule has 0 spiro atoms. The van der Waals surface area contributed by atoms with Crippen LogP contribution in [0.2, 0.25) is 0 Å². The monoisotopic (exact) mass is 230 g/mol. The van der Waals surface area contributed by atoms with Gasteiger partial charge in [0.05, 0.1) is 0 Å². The molecule has 0 fully saturated rings. The lowest BCUT2D eigenvalue weighted by Gasteiger charge is -2.05. The van der Waals surface area contributed by atoms with E-state index in [1.165, 1.54) is 5.56 Å². The molecule has 0 aliphatic rings. The number of nitrogen functional groups attached to an aromatic ring is 1. The third-order valence-electron chi connectivity index (χ3n) is 2.77. The summed E-state index contributed by atoms with van der Waals surface area (Å²) in [5.41, 5.74) is 9.58. The second-order valence-electron chi connectivity index (χ2n) is 4.81. The molecular weight excluding hydrogens is 212 g/mol. The van der Waals surface area contributed by atoms with Gasteiger partial charge >= 0.3 is 0 Å². The average molecular weight is 230 g/mol. The molecule has 0 aliphatic carbocycles. The van der Waals surface area contributed by atoms with E-state index in [0.29, 0.717) is 17.4 Å². The van der Waals surface area contributed by atoms with Crippen LogP contribution < -0.4 is 5.73 Å².